The van der Waals surface area contributed by atoms with Gasteiger partial charge in [0, 0.05) is 37.3 Å². The highest BCUT2D eigenvalue weighted by Crippen LogP contribution is 2.39. The predicted molar refractivity (Wildman–Crippen MR) is 110 cm³/mol. The largest absolute Gasteiger partial charge is 0.486 e. The highest BCUT2D eigenvalue weighted by molar-refractivity contribution is 6.38. The number of anilines is 1. The van der Waals surface area contributed by atoms with Crippen molar-refractivity contribution in [1.82, 2.24) is 19.7 Å². The van der Waals surface area contributed by atoms with Crippen molar-refractivity contribution in [3.8, 4) is 22.8 Å². The molecule has 0 atom stereocenters. The van der Waals surface area contributed by atoms with Gasteiger partial charge in [0.25, 0.3) is 11.8 Å². The van der Waals surface area contributed by atoms with Crippen molar-refractivity contribution in [3.63, 3.8) is 0 Å². The summed E-state index contributed by atoms with van der Waals surface area (Å²) in [6.07, 6.45) is 4.75. The topological polar surface area (TPSA) is 99.4 Å². The Kier molecular flexibility index (Phi) is 3.61. The molecule has 0 radical (unpaired) electrons. The van der Waals surface area contributed by atoms with Gasteiger partial charge in [-0.2, -0.15) is 5.10 Å². The van der Waals surface area contributed by atoms with Gasteiger partial charge < -0.3 is 9.47 Å². The van der Waals surface area contributed by atoms with Crippen molar-refractivity contribution >= 4 is 28.5 Å². The first-order valence-electron chi connectivity index (χ1n) is 9.68. The molecule has 2 aliphatic rings. The highest BCUT2D eigenvalue weighted by atomic mass is 16.6. The van der Waals surface area contributed by atoms with Crippen LogP contribution in [0.2, 0.25) is 0 Å². The van der Waals surface area contributed by atoms with E-state index in [4.69, 9.17) is 9.47 Å². The molecular weight excluding hydrogens is 398 g/mol. The number of nitrogens with zero attached hydrogens (tertiary/aromatic N) is 5. The molecule has 6 rings (SSSR count). The first-order valence-corrected chi connectivity index (χ1v) is 9.68. The number of carbonyl (C=O) groups is 2. The Morgan fingerprint density at radius 2 is 1.74 bits per heavy atom. The lowest BCUT2D eigenvalue weighted by molar-refractivity contribution is 0.0926. The zero-order valence-electron chi connectivity index (χ0n) is 16.4. The van der Waals surface area contributed by atoms with Crippen LogP contribution < -0.4 is 14.4 Å². The van der Waals surface area contributed by atoms with Crippen LogP contribution in [-0.2, 0) is 7.05 Å². The number of imide groups is 1. The van der Waals surface area contributed by atoms with Crippen LogP contribution in [0.5, 0.6) is 11.5 Å². The van der Waals surface area contributed by atoms with Gasteiger partial charge in [-0.1, -0.05) is 0 Å². The van der Waals surface area contributed by atoms with E-state index in [-0.39, 0.29) is 5.56 Å². The second-order valence-corrected chi connectivity index (χ2v) is 7.23. The lowest BCUT2D eigenvalue weighted by Gasteiger charge is -2.21. The minimum absolute atomic E-state index is 0.246. The Morgan fingerprint density at radius 1 is 0.968 bits per heavy atom. The molecule has 5 heterocycles. The van der Waals surface area contributed by atoms with Crippen LogP contribution in [0.1, 0.15) is 20.7 Å². The lowest BCUT2D eigenvalue weighted by atomic mass is 10.0. The van der Waals surface area contributed by atoms with Crippen molar-refractivity contribution < 1.29 is 19.1 Å². The Bertz CT molecular complexity index is 1400. The smallest absolute Gasteiger partial charge is 0.267 e. The molecule has 0 unspecified atom stereocenters. The van der Waals surface area contributed by atoms with E-state index in [1.54, 1.807) is 54.5 Å². The highest BCUT2D eigenvalue weighted by Gasteiger charge is 2.40. The minimum Gasteiger partial charge on any atom is -0.486 e. The molecule has 4 aromatic rings. The fourth-order valence-corrected chi connectivity index (χ4v) is 4.04. The zero-order valence-corrected chi connectivity index (χ0v) is 16.4. The van der Waals surface area contributed by atoms with E-state index in [1.807, 2.05) is 0 Å². The average molecular weight is 413 g/mol. The molecule has 9 nitrogen and oxygen atoms in total. The van der Waals surface area contributed by atoms with E-state index in [2.05, 4.69) is 15.1 Å². The molecule has 1 aromatic carbocycles. The SMILES string of the molecule is Cn1nc(-c2ccncc2)c2c3c(cnc21)C(=O)N(c1ccc2c(c1)OCCO2)C3=O. The predicted octanol–water partition coefficient (Wildman–Crippen LogP) is 2.60. The molecule has 9 heteroatoms. The Hall–Kier alpha value is -4.27. The second kappa shape index (κ2) is 6.36. The summed E-state index contributed by atoms with van der Waals surface area (Å²) in [6.45, 7) is 0.871. The molecular formula is C22H15N5O4. The van der Waals surface area contributed by atoms with Gasteiger partial charge in [-0.05, 0) is 24.3 Å². The van der Waals surface area contributed by atoms with Crippen LogP contribution in [0.25, 0.3) is 22.3 Å². The molecule has 0 fully saturated rings. The van der Waals surface area contributed by atoms with Gasteiger partial charge in [0.1, 0.15) is 18.9 Å². The summed E-state index contributed by atoms with van der Waals surface area (Å²) in [7, 11) is 1.76. The molecule has 0 N–H and O–H groups in total. The molecule has 0 saturated heterocycles. The monoisotopic (exact) mass is 413 g/mol. The van der Waals surface area contributed by atoms with Crippen molar-refractivity contribution in [2.24, 2.45) is 7.05 Å². The first-order chi connectivity index (χ1) is 15.1. The number of ether oxygens (including phenoxy) is 2. The van der Waals surface area contributed by atoms with Crippen molar-refractivity contribution in [2.45, 2.75) is 0 Å². The van der Waals surface area contributed by atoms with Crippen LogP contribution >= 0.6 is 0 Å². The molecule has 31 heavy (non-hydrogen) atoms. The maximum Gasteiger partial charge on any atom is 0.267 e. The maximum atomic E-state index is 13.5. The van der Waals surface area contributed by atoms with Crippen LogP contribution in [0.4, 0.5) is 5.69 Å². The van der Waals surface area contributed by atoms with Gasteiger partial charge in [0.05, 0.1) is 22.2 Å². The van der Waals surface area contributed by atoms with Crippen LogP contribution in [0.15, 0.2) is 48.9 Å². The molecule has 0 saturated carbocycles. The number of aromatic nitrogens is 4. The van der Waals surface area contributed by atoms with Gasteiger partial charge in [-0.15, -0.1) is 0 Å². The fraction of sp³-hybridized carbons (Fsp3) is 0.136. The standard InChI is InChI=1S/C22H15N5O4/c1-26-20-18(19(25-26)12-4-6-23-7-5-12)17-14(11-24-20)21(28)27(22(17)29)13-2-3-15-16(10-13)31-9-8-30-15/h2-7,10-11H,8-9H2,1H3. The average Bonchev–Trinajstić information content (AvgIpc) is 3.28. The molecule has 0 spiro atoms. The van der Waals surface area contributed by atoms with Crippen LogP contribution in [-0.4, -0.2) is 44.8 Å². The quantitative estimate of drug-likeness (QED) is 0.466. The number of fused-ring (bicyclic) bond motifs is 4. The Labute approximate surface area is 175 Å². The van der Waals surface area contributed by atoms with Crippen molar-refractivity contribution in [2.75, 3.05) is 18.1 Å². The van der Waals surface area contributed by atoms with Crippen molar-refractivity contribution in [3.05, 3.63) is 60.0 Å². The summed E-state index contributed by atoms with van der Waals surface area (Å²) >= 11 is 0. The zero-order chi connectivity index (χ0) is 21.1. The minimum atomic E-state index is -0.435. The molecule has 0 aliphatic carbocycles. The van der Waals surface area contributed by atoms with E-state index in [1.165, 1.54) is 6.20 Å². The van der Waals surface area contributed by atoms with Gasteiger partial charge in [0.2, 0.25) is 0 Å². The third kappa shape index (κ3) is 2.46. The van der Waals surface area contributed by atoms with Crippen LogP contribution in [0.3, 0.4) is 0 Å². The van der Waals surface area contributed by atoms with E-state index in [0.29, 0.717) is 52.7 Å². The summed E-state index contributed by atoms with van der Waals surface area (Å²) in [6, 6.07) is 8.64. The summed E-state index contributed by atoms with van der Waals surface area (Å²) < 4.78 is 12.8. The summed E-state index contributed by atoms with van der Waals surface area (Å²) in [5.74, 6) is 0.230. The number of hydrogen-bond acceptors (Lipinski definition) is 7. The number of hydrogen-bond donors (Lipinski definition) is 0. The van der Waals surface area contributed by atoms with Gasteiger partial charge in [-0.25, -0.2) is 14.6 Å². The van der Waals surface area contributed by atoms with Crippen LogP contribution in [0, 0.1) is 0 Å². The molecule has 152 valence electrons. The molecule has 3 aromatic heterocycles. The van der Waals surface area contributed by atoms with E-state index >= 15 is 0 Å². The number of aryl methyl sites for hydroxylation is 1. The maximum absolute atomic E-state index is 13.5. The number of amides is 2. The number of benzene rings is 1. The molecule has 2 aliphatic heterocycles. The normalized spacial score (nSPS) is 14.9. The second-order valence-electron chi connectivity index (χ2n) is 7.23. The third-order valence-corrected chi connectivity index (χ3v) is 5.44. The first kappa shape index (κ1) is 17.6. The number of rotatable bonds is 2. The van der Waals surface area contributed by atoms with Gasteiger partial charge in [-0.3, -0.25) is 14.6 Å². The summed E-state index contributed by atoms with van der Waals surface area (Å²) in [5.41, 5.74) is 2.84. The fourth-order valence-electron chi connectivity index (χ4n) is 4.04. The third-order valence-electron chi connectivity index (χ3n) is 5.44. The number of pyridine rings is 2. The van der Waals surface area contributed by atoms with E-state index < -0.39 is 11.8 Å². The van der Waals surface area contributed by atoms with E-state index in [0.717, 1.165) is 10.5 Å². The van der Waals surface area contributed by atoms with Gasteiger partial charge in [0.15, 0.2) is 17.1 Å². The summed E-state index contributed by atoms with van der Waals surface area (Å²) in [5, 5.41) is 5.11. The summed E-state index contributed by atoms with van der Waals surface area (Å²) in [4.78, 5) is 36.4. The Balaban J connectivity index is 1.54. The van der Waals surface area contributed by atoms with Gasteiger partial charge >= 0.3 is 0 Å². The van der Waals surface area contributed by atoms with E-state index in [9.17, 15) is 9.59 Å². The lowest BCUT2D eigenvalue weighted by Crippen LogP contribution is -2.29. The Morgan fingerprint density at radius 3 is 2.55 bits per heavy atom. The van der Waals surface area contributed by atoms with Crippen molar-refractivity contribution in [1.29, 1.82) is 0 Å². The molecule has 0 bridgehead atoms. The molecule has 2 amide bonds. The number of carbonyl (C=O) groups excluding carboxylic acids is 2.